The maximum Gasteiger partial charge on any atom is 0.203 e. The van der Waals surface area contributed by atoms with Gasteiger partial charge in [-0.2, -0.15) is 0 Å². The molecule has 28 heavy (non-hydrogen) atoms. The Hall–Kier alpha value is -1.97. The lowest BCUT2D eigenvalue weighted by Crippen LogP contribution is -2.25. The molecule has 0 saturated heterocycles. The molecule has 2 aromatic carbocycles. The minimum absolute atomic E-state index is 0.633. The molecule has 0 radical (unpaired) electrons. The summed E-state index contributed by atoms with van der Waals surface area (Å²) >= 11 is 12.8. The molecule has 0 amide bonds. The van der Waals surface area contributed by atoms with Crippen LogP contribution in [0.1, 0.15) is 44.6 Å². The monoisotopic (exact) mass is 415 g/mol. The summed E-state index contributed by atoms with van der Waals surface area (Å²) < 4.78 is 0. The van der Waals surface area contributed by atoms with Gasteiger partial charge in [-0.15, -0.1) is 0 Å². The van der Waals surface area contributed by atoms with Crippen LogP contribution in [-0.4, -0.2) is 16.5 Å². The average molecular weight is 416 g/mol. The van der Waals surface area contributed by atoms with E-state index in [1.807, 2.05) is 42.6 Å². The summed E-state index contributed by atoms with van der Waals surface area (Å²) in [5.41, 5.74) is 3.08. The van der Waals surface area contributed by atoms with Crippen molar-refractivity contribution in [3.05, 3.63) is 70.3 Å². The smallest absolute Gasteiger partial charge is 0.203 e. The number of aromatic nitrogens is 2. The number of rotatable bonds is 10. The van der Waals surface area contributed by atoms with Crippen LogP contribution in [0.15, 0.2) is 54.7 Å². The normalized spacial score (nSPS) is 11.0. The second kappa shape index (κ2) is 10.5. The van der Waals surface area contributed by atoms with E-state index in [1.54, 1.807) is 0 Å². The fourth-order valence-electron chi connectivity index (χ4n) is 3.28. The summed E-state index contributed by atoms with van der Waals surface area (Å²) in [5, 5.41) is 1.39. The molecule has 3 aromatic rings. The molecule has 0 spiro atoms. The molecule has 3 nitrogen and oxygen atoms in total. The molecule has 1 heterocycles. The van der Waals surface area contributed by atoms with E-state index >= 15 is 0 Å². The maximum absolute atomic E-state index is 6.42. The van der Waals surface area contributed by atoms with E-state index in [2.05, 4.69) is 33.9 Å². The van der Waals surface area contributed by atoms with Gasteiger partial charge in [0.2, 0.25) is 5.95 Å². The minimum Gasteiger partial charge on any atom is -0.338 e. The molecular weight excluding hydrogens is 389 g/mol. The summed E-state index contributed by atoms with van der Waals surface area (Å²) in [6, 6.07) is 15.9. The van der Waals surface area contributed by atoms with Gasteiger partial charge in [-0.3, -0.25) is 0 Å². The van der Waals surface area contributed by atoms with Gasteiger partial charge in [0.15, 0.2) is 0 Å². The van der Waals surface area contributed by atoms with Crippen molar-refractivity contribution < 1.29 is 0 Å². The number of H-pyrrole nitrogens is 1. The zero-order valence-electron chi connectivity index (χ0n) is 16.3. The number of nitrogens with zero attached hydrogens (tertiary/aromatic N) is 2. The lowest BCUT2D eigenvalue weighted by atomic mass is 10.1. The van der Waals surface area contributed by atoms with Gasteiger partial charge in [-0.1, -0.05) is 92.2 Å². The van der Waals surface area contributed by atoms with Gasteiger partial charge in [0.1, 0.15) is 0 Å². The van der Waals surface area contributed by atoms with Gasteiger partial charge in [0.05, 0.1) is 11.9 Å². The third-order valence-electron chi connectivity index (χ3n) is 4.89. The number of nitrogens with one attached hydrogen (secondary N) is 1. The van der Waals surface area contributed by atoms with Crippen molar-refractivity contribution in [2.24, 2.45) is 0 Å². The summed E-state index contributed by atoms with van der Waals surface area (Å²) in [5.74, 6) is 0.852. The number of halogens is 2. The van der Waals surface area contributed by atoms with Crippen LogP contribution >= 0.6 is 23.2 Å². The standard InChI is InChI=1S/C23H27Cl2N3/c1-2-3-4-5-9-15-28(17-19-20(24)13-10-14-21(19)25)23-26-16-22(27-23)18-11-7-6-8-12-18/h6-8,10-14,16H,2-5,9,15,17H2,1H3,(H,26,27). The zero-order chi connectivity index (χ0) is 19.8. The Bertz CT molecular complexity index is 841. The minimum atomic E-state index is 0.633. The van der Waals surface area contributed by atoms with Crippen LogP contribution < -0.4 is 4.90 Å². The van der Waals surface area contributed by atoms with E-state index in [0.29, 0.717) is 16.6 Å². The first-order valence-corrected chi connectivity index (χ1v) is 10.7. The van der Waals surface area contributed by atoms with Crippen LogP contribution in [0.3, 0.4) is 0 Å². The Morgan fingerprint density at radius 2 is 1.61 bits per heavy atom. The van der Waals surface area contributed by atoms with Crippen molar-refractivity contribution in [2.45, 2.75) is 45.6 Å². The van der Waals surface area contributed by atoms with Gasteiger partial charge < -0.3 is 9.88 Å². The molecule has 0 atom stereocenters. The van der Waals surface area contributed by atoms with Crippen LogP contribution in [0.25, 0.3) is 11.3 Å². The molecule has 1 N–H and O–H groups in total. The van der Waals surface area contributed by atoms with Gasteiger partial charge in [0.25, 0.3) is 0 Å². The number of unbranched alkanes of at least 4 members (excludes halogenated alkanes) is 4. The SMILES string of the molecule is CCCCCCCN(Cc1c(Cl)cccc1Cl)c1ncc(-c2ccccc2)[nH]1. The third kappa shape index (κ3) is 5.52. The summed E-state index contributed by atoms with van der Waals surface area (Å²) in [7, 11) is 0. The molecule has 0 aliphatic carbocycles. The van der Waals surface area contributed by atoms with Crippen molar-refractivity contribution in [2.75, 3.05) is 11.4 Å². The molecule has 0 bridgehead atoms. The quantitative estimate of drug-likeness (QED) is 0.350. The maximum atomic E-state index is 6.42. The Labute approximate surface area is 177 Å². The summed E-state index contributed by atoms with van der Waals surface area (Å²) in [6.45, 7) is 3.78. The van der Waals surface area contributed by atoms with Crippen molar-refractivity contribution in [3.63, 3.8) is 0 Å². The van der Waals surface area contributed by atoms with E-state index in [9.17, 15) is 0 Å². The predicted molar refractivity (Wildman–Crippen MR) is 120 cm³/mol. The first-order valence-electron chi connectivity index (χ1n) is 9.97. The average Bonchev–Trinajstić information content (AvgIpc) is 3.20. The van der Waals surface area contributed by atoms with Gasteiger partial charge in [0, 0.05) is 28.7 Å². The Morgan fingerprint density at radius 1 is 0.893 bits per heavy atom. The Balaban J connectivity index is 1.79. The molecule has 0 unspecified atom stereocenters. The fraction of sp³-hybridized carbons (Fsp3) is 0.348. The number of hydrogen-bond acceptors (Lipinski definition) is 2. The second-order valence-electron chi connectivity index (χ2n) is 7.02. The summed E-state index contributed by atoms with van der Waals surface area (Å²) in [4.78, 5) is 10.4. The van der Waals surface area contributed by atoms with E-state index in [0.717, 1.165) is 35.7 Å². The number of benzene rings is 2. The summed E-state index contributed by atoms with van der Waals surface area (Å²) in [6.07, 6.45) is 8.02. The largest absolute Gasteiger partial charge is 0.338 e. The molecule has 3 rings (SSSR count). The number of hydrogen-bond donors (Lipinski definition) is 1. The van der Waals surface area contributed by atoms with Crippen LogP contribution in [-0.2, 0) is 6.54 Å². The van der Waals surface area contributed by atoms with Crippen LogP contribution in [0.4, 0.5) is 5.95 Å². The lowest BCUT2D eigenvalue weighted by Gasteiger charge is -2.23. The lowest BCUT2D eigenvalue weighted by molar-refractivity contribution is 0.613. The molecule has 0 saturated carbocycles. The number of imidazole rings is 1. The van der Waals surface area contributed by atoms with Crippen molar-refractivity contribution in [1.82, 2.24) is 9.97 Å². The van der Waals surface area contributed by atoms with E-state index in [-0.39, 0.29) is 0 Å². The molecule has 5 heteroatoms. The Kier molecular flexibility index (Phi) is 7.81. The zero-order valence-corrected chi connectivity index (χ0v) is 17.8. The van der Waals surface area contributed by atoms with Gasteiger partial charge in [-0.25, -0.2) is 4.98 Å². The van der Waals surface area contributed by atoms with Crippen LogP contribution in [0.2, 0.25) is 10.0 Å². The van der Waals surface area contributed by atoms with Gasteiger partial charge >= 0.3 is 0 Å². The first-order chi connectivity index (χ1) is 13.7. The van der Waals surface area contributed by atoms with Crippen LogP contribution in [0.5, 0.6) is 0 Å². The molecule has 148 valence electrons. The highest BCUT2D eigenvalue weighted by atomic mass is 35.5. The van der Waals surface area contributed by atoms with E-state index in [4.69, 9.17) is 23.2 Å². The second-order valence-corrected chi connectivity index (χ2v) is 7.84. The molecule has 0 aliphatic heterocycles. The van der Waals surface area contributed by atoms with E-state index in [1.165, 1.54) is 25.7 Å². The Morgan fingerprint density at radius 3 is 2.32 bits per heavy atom. The molecule has 0 aliphatic rings. The highest BCUT2D eigenvalue weighted by molar-refractivity contribution is 6.36. The fourth-order valence-corrected chi connectivity index (χ4v) is 3.79. The highest BCUT2D eigenvalue weighted by Gasteiger charge is 2.15. The predicted octanol–water partition coefficient (Wildman–Crippen LogP) is 7.36. The molecule has 0 fully saturated rings. The first kappa shape index (κ1) is 20.8. The highest BCUT2D eigenvalue weighted by Crippen LogP contribution is 2.28. The van der Waals surface area contributed by atoms with Gasteiger partial charge in [-0.05, 0) is 24.1 Å². The topological polar surface area (TPSA) is 31.9 Å². The van der Waals surface area contributed by atoms with E-state index < -0.39 is 0 Å². The van der Waals surface area contributed by atoms with Crippen molar-refractivity contribution in [1.29, 1.82) is 0 Å². The van der Waals surface area contributed by atoms with Crippen LogP contribution in [0, 0.1) is 0 Å². The number of anilines is 1. The molecular formula is C23H27Cl2N3. The van der Waals surface area contributed by atoms with Crippen molar-refractivity contribution in [3.8, 4) is 11.3 Å². The van der Waals surface area contributed by atoms with Crippen molar-refractivity contribution >= 4 is 29.2 Å². The third-order valence-corrected chi connectivity index (χ3v) is 5.60. The number of aromatic amines is 1. The molecule has 1 aromatic heterocycles.